The van der Waals surface area contributed by atoms with E-state index in [4.69, 9.17) is 9.84 Å². The van der Waals surface area contributed by atoms with Crippen LogP contribution in [0.2, 0.25) is 0 Å². The minimum absolute atomic E-state index is 0.146. The second-order valence-corrected chi connectivity index (χ2v) is 2.23. The molecule has 6 nitrogen and oxygen atoms in total. The second kappa shape index (κ2) is 3.21. The summed E-state index contributed by atoms with van der Waals surface area (Å²) in [6.07, 6.45) is -0.146. The number of aliphatic carboxylic acids is 1. The number of methoxy groups -OCH3 is 1. The molecule has 1 rings (SSSR count). The molecule has 0 saturated heterocycles. The molecule has 1 aromatic heterocycles. The molecule has 1 N–H and O–H groups in total. The van der Waals surface area contributed by atoms with Gasteiger partial charge in [-0.25, -0.2) is 0 Å². The molecule has 0 spiro atoms. The Balaban J connectivity index is 2.87. The molecule has 0 bridgehead atoms. The molecule has 0 amide bonds. The average Bonchev–Trinajstić information content (AvgIpc) is 2.32. The third-order valence-corrected chi connectivity index (χ3v) is 1.42. The fourth-order valence-electron chi connectivity index (χ4n) is 0.812. The molecule has 0 radical (unpaired) electrons. The second-order valence-electron chi connectivity index (χ2n) is 2.23. The molecule has 6 heteroatoms. The molecule has 0 atom stereocenters. The van der Waals surface area contributed by atoms with Crippen LogP contribution in [0.4, 0.5) is 0 Å². The first-order chi connectivity index (χ1) is 5.65. The molecule has 0 aliphatic rings. The Hall–Kier alpha value is -1.59. The lowest BCUT2D eigenvalue weighted by Gasteiger charge is -1.98. The standard InChI is InChI=1S/C6H9N3O3/c1-9-4(3-5(10)11)7-8-6(9)12-2/h3H2,1-2H3,(H,10,11). The number of hydrogen-bond acceptors (Lipinski definition) is 4. The smallest absolute Gasteiger partial charge is 0.316 e. The zero-order valence-electron chi connectivity index (χ0n) is 6.81. The van der Waals surface area contributed by atoms with Gasteiger partial charge in [-0.1, -0.05) is 5.10 Å². The highest BCUT2D eigenvalue weighted by atomic mass is 16.5. The number of carboxylic acid groups (broad SMARTS) is 1. The summed E-state index contributed by atoms with van der Waals surface area (Å²) in [4.78, 5) is 10.3. The molecule has 0 aromatic carbocycles. The first kappa shape index (κ1) is 8.51. The Morgan fingerprint density at radius 2 is 2.33 bits per heavy atom. The zero-order chi connectivity index (χ0) is 9.14. The Morgan fingerprint density at radius 3 is 2.75 bits per heavy atom. The van der Waals surface area contributed by atoms with E-state index in [1.807, 2.05) is 0 Å². The van der Waals surface area contributed by atoms with Gasteiger partial charge in [-0.3, -0.25) is 9.36 Å². The van der Waals surface area contributed by atoms with Gasteiger partial charge in [-0.15, -0.1) is 5.10 Å². The quantitative estimate of drug-likeness (QED) is 0.660. The molecule has 1 aromatic rings. The number of rotatable bonds is 3. The van der Waals surface area contributed by atoms with Crippen molar-refractivity contribution in [2.45, 2.75) is 6.42 Å². The normalized spacial score (nSPS) is 9.83. The van der Waals surface area contributed by atoms with Crippen LogP contribution in [0, 0.1) is 0 Å². The van der Waals surface area contributed by atoms with Gasteiger partial charge >= 0.3 is 12.0 Å². The number of nitrogens with zero attached hydrogens (tertiary/aromatic N) is 3. The molecule has 66 valence electrons. The molecule has 0 aliphatic carbocycles. The van der Waals surface area contributed by atoms with Gasteiger partial charge in [0.2, 0.25) is 0 Å². The summed E-state index contributed by atoms with van der Waals surface area (Å²) in [6.45, 7) is 0. The first-order valence-electron chi connectivity index (χ1n) is 3.29. The van der Waals surface area contributed by atoms with Crippen molar-refractivity contribution in [2.24, 2.45) is 7.05 Å². The number of aromatic nitrogens is 3. The van der Waals surface area contributed by atoms with E-state index in [1.54, 1.807) is 7.05 Å². The maximum atomic E-state index is 10.3. The van der Waals surface area contributed by atoms with Gasteiger partial charge < -0.3 is 9.84 Å². The molecule has 0 saturated carbocycles. The molecular weight excluding hydrogens is 162 g/mol. The van der Waals surface area contributed by atoms with Crippen LogP contribution in [0.15, 0.2) is 0 Å². The number of carboxylic acids is 1. The topological polar surface area (TPSA) is 77.2 Å². The molecule has 12 heavy (non-hydrogen) atoms. The zero-order valence-corrected chi connectivity index (χ0v) is 6.81. The van der Waals surface area contributed by atoms with Crippen LogP contribution in [-0.4, -0.2) is 33.0 Å². The van der Waals surface area contributed by atoms with E-state index in [1.165, 1.54) is 11.7 Å². The van der Waals surface area contributed by atoms with Gasteiger partial charge in [0.05, 0.1) is 7.11 Å². The minimum Gasteiger partial charge on any atom is -0.481 e. The van der Waals surface area contributed by atoms with Crippen molar-refractivity contribution >= 4 is 5.97 Å². The Morgan fingerprint density at radius 1 is 1.67 bits per heavy atom. The van der Waals surface area contributed by atoms with Gasteiger partial charge in [-0.2, -0.15) is 0 Å². The van der Waals surface area contributed by atoms with Crippen molar-refractivity contribution < 1.29 is 14.6 Å². The highest BCUT2D eigenvalue weighted by molar-refractivity contribution is 5.69. The third-order valence-electron chi connectivity index (χ3n) is 1.42. The van der Waals surface area contributed by atoms with Gasteiger partial charge in [0.25, 0.3) is 0 Å². The van der Waals surface area contributed by atoms with Crippen molar-refractivity contribution in [1.29, 1.82) is 0 Å². The Kier molecular flexibility index (Phi) is 2.27. The van der Waals surface area contributed by atoms with Gasteiger partial charge in [0.15, 0.2) is 0 Å². The lowest BCUT2D eigenvalue weighted by atomic mass is 10.4. The van der Waals surface area contributed by atoms with E-state index in [0.29, 0.717) is 11.8 Å². The van der Waals surface area contributed by atoms with E-state index in [2.05, 4.69) is 10.2 Å². The van der Waals surface area contributed by atoms with E-state index < -0.39 is 5.97 Å². The summed E-state index contributed by atoms with van der Waals surface area (Å²) in [5, 5.41) is 15.7. The summed E-state index contributed by atoms with van der Waals surface area (Å²) < 4.78 is 6.30. The fraction of sp³-hybridized carbons (Fsp3) is 0.500. The van der Waals surface area contributed by atoms with Crippen LogP contribution >= 0.6 is 0 Å². The van der Waals surface area contributed by atoms with Gasteiger partial charge in [0, 0.05) is 7.05 Å². The Bertz CT molecular complexity index is 294. The highest BCUT2D eigenvalue weighted by Gasteiger charge is 2.10. The summed E-state index contributed by atoms with van der Waals surface area (Å²) >= 11 is 0. The summed E-state index contributed by atoms with van der Waals surface area (Å²) in [6, 6.07) is 0.311. The van der Waals surface area contributed by atoms with E-state index in [0.717, 1.165) is 0 Å². The largest absolute Gasteiger partial charge is 0.481 e. The lowest BCUT2D eigenvalue weighted by Crippen LogP contribution is -2.07. The number of hydrogen-bond donors (Lipinski definition) is 1. The predicted octanol–water partition coefficient (Wildman–Crippen LogP) is -0.549. The van der Waals surface area contributed by atoms with Crippen molar-refractivity contribution in [1.82, 2.24) is 14.8 Å². The average molecular weight is 171 g/mol. The van der Waals surface area contributed by atoms with Crippen LogP contribution < -0.4 is 4.74 Å². The number of ether oxygens (including phenoxy) is 1. The predicted molar refractivity (Wildman–Crippen MR) is 38.9 cm³/mol. The Labute approximate surface area is 68.8 Å². The SMILES string of the molecule is COc1nnc(CC(=O)O)n1C. The molecular formula is C6H9N3O3. The summed E-state index contributed by atoms with van der Waals surface area (Å²) in [5.41, 5.74) is 0. The molecule has 0 fully saturated rings. The lowest BCUT2D eigenvalue weighted by molar-refractivity contribution is -0.136. The number of carbonyl (C=O) groups is 1. The van der Waals surface area contributed by atoms with Crippen LogP contribution in [0.1, 0.15) is 5.82 Å². The van der Waals surface area contributed by atoms with Crippen LogP contribution in [0.5, 0.6) is 6.01 Å². The fourth-order valence-corrected chi connectivity index (χ4v) is 0.812. The third kappa shape index (κ3) is 1.52. The van der Waals surface area contributed by atoms with E-state index in [-0.39, 0.29) is 6.42 Å². The monoisotopic (exact) mass is 171 g/mol. The van der Waals surface area contributed by atoms with Crippen molar-refractivity contribution in [3.63, 3.8) is 0 Å². The van der Waals surface area contributed by atoms with Crippen molar-refractivity contribution in [2.75, 3.05) is 7.11 Å². The van der Waals surface area contributed by atoms with Gasteiger partial charge in [0.1, 0.15) is 12.2 Å². The molecule has 1 heterocycles. The summed E-state index contributed by atoms with van der Waals surface area (Å²) in [7, 11) is 3.10. The summed E-state index contributed by atoms with van der Waals surface area (Å²) in [5.74, 6) is -0.562. The van der Waals surface area contributed by atoms with Crippen LogP contribution in [-0.2, 0) is 18.3 Å². The van der Waals surface area contributed by atoms with Gasteiger partial charge in [-0.05, 0) is 0 Å². The highest BCUT2D eigenvalue weighted by Crippen LogP contribution is 2.06. The van der Waals surface area contributed by atoms with Crippen LogP contribution in [0.3, 0.4) is 0 Å². The van der Waals surface area contributed by atoms with E-state index in [9.17, 15) is 4.79 Å². The first-order valence-corrected chi connectivity index (χ1v) is 3.29. The molecule has 0 aliphatic heterocycles. The van der Waals surface area contributed by atoms with Crippen molar-refractivity contribution in [3.05, 3.63) is 5.82 Å². The van der Waals surface area contributed by atoms with E-state index >= 15 is 0 Å². The maximum Gasteiger partial charge on any atom is 0.316 e. The van der Waals surface area contributed by atoms with Crippen LogP contribution in [0.25, 0.3) is 0 Å². The maximum absolute atomic E-state index is 10.3. The minimum atomic E-state index is -0.937. The molecule has 0 unspecified atom stereocenters. The van der Waals surface area contributed by atoms with Crippen molar-refractivity contribution in [3.8, 4) is 6.01 Å².